The number of carbonyl (C=O) groups excluding carboxylic acids is 1. The first-order valence-electron chi connectivity index (χ1n) is 7.06. The predicted octanol–water partition coefficient (Wildman–Crippen LogP) is 1.83. The second kappa shape index (κ2) is 6.22. The van der Waals surface area contributed by atoms with E-state index >= 15 is 0 Å². The van der Waals surface area contributed by atoms with E-state index in [-0.39, 0.29) is 12.1 Å². The van der Waals surface area contributed by atoms with Gasteiger partial charge < -0.3 is 15.0 Å². The number of carbonyl (C=O) groups is 1. The van der Waals surface area contributed by atoms with Crippen LogP contribution in [0.15, 0.2) is 24.4 Å². The van der Waals surface area contributed by atoms with Gasteiger partial charge >= 0.3 is 6.09 Å². The SMILES string of the molecule is CC(C)(C)OC(=O)N1CCNCC1Cc1ccccn1. The van der Waals surface area contributed by atoms with Crippen LogP contribution in [0.25, 0.3) is 0 Å². The summed E-state index contributed by atoms with van der Waals surface area (Å²) in [5, 5.41) is 3.33. The zero-order valence-corrected chi connectivity index (χ0v) is 12.4. The maximum atomic E-state index is 12.3. The molecule has 1 aromatic rings. The maximum absolute atomic E-state index is 12.3. The van der Waals surface area contributed by atoms with E-state index in [0.717, 1.165) is 25.2 Å². The molecule has 0 radical (unpaired) electrons. The van der Waals surface area contributed by atoms with E-state index < -0.39 is 5.60 Å². The van der Waals surface area contributed by atoms with Crippen molar-refractivity contribution in [3.05, 3.63) is 30.1 Å². The summed E-state index contributed by atoms with van der Waals surface area (Å²) >= 11 is 0. The van der Waals surface area contributed by atoms with Crippen LogP contribution in [0.1, 0.15) is 26.5 Å². The molecule has 5 nitrogen and oxygen atoms in total. The highest BCUT2D eigenvalue weighted by Crippen LogP contribution is 2.15. The van der Waals surface area contributed by atoms with Gasteiger partial charge in [-0.2, -0.15) is 0 Å². The number of pyridine rings is 1. The van der Waals surface area contributed by atoms with Crippen LogP contribution >= 0.6 is 0 Å². The fourth-order valence-electron chi connectivity index (χ4n) is 2.26. The fourth-order valence-corrected chi connectivity index (χ4v) is 2.26. The molecule has 0 spiro atoms. The summed E-state index contributed by atoms with van der Waals surface area (Å²) in [6.45, 7) is 7.92. The zero-order chi connectivity index (χ0) is 14.6. The predicted molar refractivity (Wildman–Crippen MR) is 77.5 cm³/mol. The molecule has 110 valence electrons. The highest BCUT2D eigenvalue weighted by Gasteiger charge is 2.30. The quantitative estimate of drug-likeness (QED) is 0.896. The highest BCUT2D eigenvalue weighted by atomic mass is 16.6. The first-order chi connectivity index (χ1) is 9.46. The maximum Gasteiger partial charge on any atom is 0.410 e. The van der Waals surface area contributed by atoms with Gasteiger partial charge in [0, 0.05) is 37.9 Å². The number of nitrogens with one attached hydrogen (secondary N) is 1. The Morgan fingerprint density at radius 2 is 2.30 bits per heavy atom. The monoisotopic (exact) mass is 277 g/mol. The number of amides is 1. The third-order valence-electron chi connectivity index (χ3n) is 3.15. The van der Waals surface area contributed by atoms with Gasteiger partial charge in [-0.05, 0) is 32.9 Å². The molecular formula is C15H23N3O2. The average molecular weight is 277 g/mol. The van der Waals surface area contributed by atoms with Gasteiger partial charge in [-0.15, -0.1) is 0 Å². The van der Waals surface area contributed by atoms with Crippen molar-refractivity contribution in [3.8, 4) is 0 Å². The summed E-state index contributed by atoms with van der Waals surface area (Å²) < 4.78 is 5.48. The number of piperazine rings is 1. The van der Waals surface area contributed by atoms with Gasteiger partial charge in [0.05, 0.1) is 6.04 Å². The molecule has 1 unspecified atom stereocenters. The Hall–Kier alpha value is -1.62. The normalized spacial score (nSPS) is 19.8. The summed E-state index contributed by atoms with van der Waals surface area (Å²) in [4.78, 5) is 18.4. The Kier molecular flexibility index (Phi) is 4.60. The summed E-state index contributed by atoms with van der Waals surface area (Å²) in [6, 6.07) is 5.94. The Morgan fingerprint density at radius 3 is 2.95 bits per heavy atom. The van der Waals surface area contributed by atoms with E-state index in [2.05, 4.69) is 10.3 Å². The number of aromatic nitrogens is 1. The Balaban J connectivity index is 2.03. The Bertz CT molecular complexity index is 442. The third kappa shape index (κ3) is 4.20. The molecule has 0 aliphatic carbocycles. The molecule has 20 heavy (non-hydrogen) atoms. The average Bonchev–Trinajstić information content (AvgIpc) is 2.38. The van der Waals surface area contributed by atoms with E-state index in [0.29, 0.717) is 6.54 Å². The first-order valence-corrected chi connectivity index (χ1v) is 7.06. The van der Waals surface area contributed by atoms with E-state index in [4.69, 9.17) is 4.74 Å². The van der Waals surface area contributed by atoms with Crippen molar-refractivity contribution in [1.29, 1.82) is 0 Å². The van der Waals surface area contributed by atoms with Gasteiger partial charge in [-0.3, -0.25) is 4.98 Å². The summed E-state index contributed by atoms with van der Waals surface area (Å²) in [6.07, 6.45) is 2.29. The highest BCUT2D eigenvalue weighted by molar-refractivity contribution is 5.68. The minimum atomic E-state index is -0.461. The minimum absolute atomic E-state index is 0.0912. The molecule has 0 saturated carbocycles. The molecule has 1 aliphatic heterocycles. The van der Waals surface area contributed by atoms with Crippen LogP contribution in [0.5, 0.6) is 0 Å². The number of nitrogens with zero attached hydrogens (tertiary/aromatic N) is 2. The molecule has 2 heterocycles. The van der Waals surface area contributed by atoms with Crippen LogP contribution < -0.4 is 5.32 Å². The molecule has 1 fully saturated rings. The van der Waals surface area contributed by atoms with Crippen LogP contribution in [0.4, 0.5) is 4.79 Å². The molecule has 2 rings (SSSR count). The molecule has 1 aromatic heterocycles. The van der Waals surface area contributed by atoms with Gasteiger partial charge in [0.2, 0.25) is 0 Å². The van der Waals surface area contributed by atoms with Crippen LogP contribution in [0.3, 0.4) is 0 Å². The lowest BCUT2D eigenvalue weighted by Gasteiger charge is -2.37. The van der Waals surface area contributed by atoms with Crippen LogP contribution in [-0.2, 0) is 11.2 Å². The van der Waals surface area contributed by atoms with Crippen LogP contribution in [0, 0.1) is 0 Å². The van der Waals surface area contributed by atoms with E-state index in [1.807, 2.05) is 43.9 Å². The van der Waals surface area contributed by atoms with Crippen molar-refractivity contribution in [2.45, 2.75) is 38.8 Å². The van der Waals surface area contributed by atoms with E-state index in [1.165, 1.54) is 0 Å². The second-order valence-corrected chi connectivity index (χ2v) is 6.06. The number of hydrogen-bond acceptors (Lipinski definition) is 4. The van der Waals surface area contributed by atoms with Crippen molar-refractivity contribution in [2.24, 2.45) is 0 Å². The summed E-state index contributed by atoms with van der Waals surface area (Å²) in [7, 11) is 0. The van der Waals surface area contributed by atoms with Gasteiger partial charge in [-0.25, -0.2) is 4.79 Å². The molecule has 1 saturated heterocycles. The lowest BCUT2D eigenvalue weighted by atomic mass is 10.1. The molecular weight excluding hydrogens is 254 g/mol. The molecule has 0 bridgehead atoms. The molecule has 1 amide bonds. The number of ether oxygens (including phenoxy) is 1. The smallest absolute Gasteiger partial charge is 0.410 e. The summed E-state index contributed by atoms with van der Waals surface area (Å²) in [5.41, 5.74) is 0.534. The summed E-state index contributed by atoms with van der Waals surface area (Å²) in [5.74, 6) is 0. The Labute approximate surface area is 120 Å². The minimum Gasteiger partial charge on any atom is -0.444 e. The lowest BCUT2D eigenvalue weighted by molar-refractivity contribution is 0.0121. The van der Waals surface area contributed by atoms with Gasteiger partial charge in [0.15, 0.2) is 0 Å². The molecule has 1 N–H and O–H groups in total. The zero-order valence-electron chi connectivity index (χ0n) is 12.4. The standard InChI is InChI=1S/C15H23N3O2/c1-15(2,3)20-14(19)18-9-8-16-11-13(18)10-12-6-4-5-7-17-12/h4-7,13,16H,8-11H2,1-3H3. The topological polar surface area (TPSA) is 54.5 Å². The van der Waals surface area contributed by atoms with E-state index in [1.54, 1.807) is 6.20 Å². The second-order valence-electron chi connectivity index (χ2n) is 6.06. The van der Waals surface area contributed by atoms with E-state index in [9.17, 15) is 4.79 Å². The molecule has 5 heteroatoms. The van der Waals surface area contributed by atoms with Crippen LogP contribution in [0.2, 0.25) is 0 Å². The Morgan fingerprint density at radius 1 is 1.50 bits per heavy atom. The molecule has 1 atom stereocenters. The van der Waals surface area contributed by atoms with Gasteiger partial charge in [0.1, 0.15) is 5.60 Å². The third-order valence-corrected chi connectivity index (χ3v) is 3.15. The van der Waals surface area contributed by atoms with Crippen molar-refractivity contribution in [2.75, 3.05) is 19.6 Å². The van der Waals surface area contributed by atoms with Crippen molar-refractivity contribution in [1.82, 2.24) is 15.2 Å². The first kappa shape index (κ1) is 14.8. The fraction of sp³-hybridized carbons (Fsp3) is 0.600. The largest absolute Gasteiger partial charge is 0.444 e. The molecule has 1 aliphatic rings. The van der Waals surface area contributed by atoms with Crippen LogP contribution in [-0.4, -0.2) is 47.3 Å². The van der Waals surface area contributed by atoms with Gasteiger partial charge in [0.25, 0.3) is 0 Å². The van der Waals surface area contributed by atoms with Crippen molar-refractivity contribution >= 4 is 6.09 Å². The lowest BCUT2D eigenvalue weighted by Crippen LogP contribution is -2.55. The number of hydrogen-bond donors (Lipinski definition) is 1. The van der Waals surface area contributed by atoms with Gasteiger partial charge in [-0.1, -0.05) is 6.07 Å². The van der Waals surface area contributed by atoms with Crippen molar-refractivity contribution < 1.29 is 9.53 Å². The number of rotatable bonds is 2. The molecule has 0 aromatic carbocycles. The van der Waals surface area contributed by atoms with Crippen molar-refractivity contribution in [3.63, 3.8) is 0 Å².